The highest BCUT2D eigenvalue weighted by Gasteiger charge is 2.56. The number of aldehydes is 1. The maximum absolute atomic E-state index is 11.9. The maximum Gasteiger partial charge on any atom is 0.364 e. The van der Waals surface area contributed by atoms with Crippen LogP contribution in [0.25, 0.3) is 0 Å². The first kappa shape index (κ1) is 28.2. The summed E-state index contributed by atoms with van der Waals surface area (Å²) in [7, 11) is 0. The smallest absolute Gasteiger partial charge is 0.364 e. The van der Waals surface area contributed by atoms with Crippen LogP contribution in [0.3, 0.4) is 0 Å². The molecule has 0 spiro atoms. The van der Waals surface area contributed by atoms with E-state index in [9.17, 15) is 55.2 Å². The van der Waals surface area contributed by atoms with Crippen molar-refractivity contribution in [1.82, 2.24) is 5.32 Å². The lowest BCUT2D eigenvalue weighted by Crippen LogP contribution is -2.68. The number of carbonyl (C=O) groups excluding carboxylic acids is 2. The monoisotopic (exact) mass is 471 g/mol. The molecule has 0 radical (unpaired) electrons. The van der Waals surface area contributed by atoms with E-state index in [0.717, 1.165) is 6.92 Å². The number of carboxylic acid groups (broad SMARTS) is 1. The molecule has 15 nitrogen and oxygen atoms in total. The molecule has 1 saturated heterocycles. The number of carbonyl (C=O) groups is 3. The molecule has 1 aliphatic heterocycles. The molecule has 1 amide bonds. The number of rotatable bonds is 12. The van der Waals surface area contributed by atoms with Gasteiger partial charge in [-0.1, -0.05) is 0 Å². The van der Waals surface area contributed by atoms with Crippen LogP contribution in [-0.4, -0.2) is 138 Å². The van der Waals surface area contributed by atoms with Crippen LogP contribution >= 0.6 is 0 Å². The number of carboxylic acids is 1. The second kappa shape index (κ2) is 11.9. The van der Waals surface area contributed by atoms with Gasteiger partial charge in [0.15, 0.2) is 6.29 Å². The van der Waals surface area contributed by atoms with Gasteiger partial charge in [-0.3, -0.25) is 4.79 Å². The number of hydrogen-bond acceptors (Lipinski definition) is 13. The lowest BCUT2D eigenvalue weighted by Gasteiger charge is -2.46. The molecule has 15 heteroatoms. The van der Waals surface area contributed by atoms with Gasteiger partial charge in [0.05, 0.1) is 25.4 Å². The van der Waals surface area contributed by atoms with Gasteiger partial charge >= 0.3 is 5.97 Å². The molecule has 1 heterocycles. The molecule has 10 atom stereocenters. The third kappa shape index (κ3) is 6.61. The van der Waals surface area contributed by atoms with Crippen LogP contribution in [0.15, 0.2) is 0 Å². The number of ether oxygens (including phenoxy) is 2. The van der Waals surface area contributed by atoms with E-state index < -0.39 is 92.2 Å². The van der Waals surface area contributed by atoms with E-state index in [1.165, 1.54) is 0 Å². The molecule has 10 N–H and O–H groups in total. The van der Waals surface area contributed by atoms with Gasteiger partial charge in [-0.05, 0) is 0 Å². The summed E-state index contributed by atoms with van der Waals surface area (Å²) < 4.78 is 10.3. The highest BCUT2D eigenvalue weighted by Crippen LogP contribution is 2.33. The molecule has 0 bridgehead atoms. The van der Waals surface area contributed by atoms with E-state index in [0.29, 0.717) is 0 Å². The number of hydrogen-bond donors (Lipinski definition) is 10. The Kier molecular flexibility index (Phi) is 10.5. The molecule has 1 fully saturated rings. The lowest BCUT2D eigenvalue weighted by atomic mass is 9.88. The van der Waals surface area contributed by atoms with Gasteiger partial charge in [-0.15, -0.1) is 0 Å². The Labute approximate surface area is 181 Å². The Morgan fingerprint density at radius 1 is 1.16 bits per heavy atom. The zero-order valence-corrected chi connectivity index (χ0v) is 17.0. The molecular formula is C17H29NO14. The van der Waals surface area contributed by atoms with Crippen molar-refractivity contribution in [2.24, 2.45) is 0 Å². The van der Waals surface area contributed by atoms with Crippen molar-refractivity contribution in [2.75, 3.05) is 13.2 Å². The molecule has 0 aliphatic carbocycles. The predicted molar refractivity (Wildman–Crippen MR) is 98.6 cm³/mol. The molecular weight excluding hydrogens is 442 g/mol. The number of aliphatic hydroxyl groups excluding tert-OH is 8. The van der Waals surface area contributed by atoms with Gasteiger partial charge in [0.1, 0.15) is 42.7 Å². The lowest BCUT2D eigenvalue weighted by molar-refractivity contribution is -0.317. The van der Waals surface area contributed by atoms with E-state index in [1.54, 1.807) is 0 Å². The number of nitrogens with one attached hydrogen (secondary N) is 1. The van der Waals surface area contributed by atoms with Crippen molar-refractivity contribution >= 4 is 18.2 Å². The number of amides is 1. The molecule has 0 aromatic rings. The summed E-state index contributed by atoms with van der Waals surface area (Å²) >= 11 is 0. The van der Waals surface area contributed by atoms with Gasteiger partial charge in [0.25, 0.3) is 5.79 Å². The SMILES string of the molecule is CC(=O)N[C@H]1[C@H]([C@H](O)[C@H](O)CO)OC(OC[C@@H](O)[C@H](O)[C@H](O)[C@@H](O)C=O)(C(=O)O)C[C@@H]1O. The Balaban J connectivity index is 3.13. The molecule has 0 aromatic carbocycles. The van der Waals surface area contributed by atoms with E-state index in [4.69, 9.17) is 14.6 Å². The fourth-order valence-electron chi connectivity index (χ4n) is 3.11. The van der Waals surface area contributed by atoms with Crippen molar-refractivity contribution in [3.63, 3.8) is 0 Å². The highest BCUT2D eigenvalue weighted by molar-refractivity contribution is 5.76. The molecule has 32 heavy (non-hydrogen) atoms. The first-order valence-electron chi connectivity index (χ1n) is 9.46. The van der Waals surface area contributed by atoms with Gasteiger partial charge in [0, 0.05) is 13.3 Å². The average molecular weight is 471 g/mol. The summed E-state index contributed by atoms with van der Waals surface area (Å²) in [5.41, 5.74) is 0. The first-order valence-corrected chi connectivity index (χ1v) is 9.46. The van der Waals surface area contributed by atoms with Crippen LogP contribution in [0.2, 0.25) is 0 Å². The Hall–Kier alpha value is -1.79. The normalized spacial score (nSPS) is 31.6. The van der Waals surface area contributed by atoms with Crippen LogP contribution in [0, 0.1) is 0 Å². The summed E-state index contributed by atoms with van der Waals surface area (Å²) in [4.78, 5) is 33.8. The van der Waals surface area contributed by atoms with Crippen molar-refractivity contribution in [3.05, 3.63) is 0 Å². The third-order valence-electron chi connectivity index (χ3n) is 4.91. The molecule has 1 aliphatic rings. The average Bonchev–Trinajstić information content (AvgIpc) is 2.75. The zero-order valence-electron chi connectivity index (χ0n) is 17.0. The van der Waals surface area contributed by atoms with Gasteiger partial charge in [-0.2, -0.15) is 0 Å². The van der Waals surface area contributed by atoms with Crippen LogP contribution in [-0.2, 0) is 23.9 Å². The summed E-state index contributed by atoms with van der Waals surface area (Å²) in [5.74, 6) is -5.33. The Bertz CT molecular complexity index is 649. The second-order valence-corrected chi connectivity index (χ2v) is 7.37. The highest BCUT2D eigenvalue weighted by atomic mass is 16.7. The van der Waals surface area contributed by atoms with Crippen LogP contribution in [0.4, 0.5) is 0 Å². The summed E-state index contributed by atoms with van der Waals surface area (Å²) in [6.07, 6.45) is -16.8. The summed E-state index contributed by atoms with van der Waals surface area (Å²) in [6, 6.07) is -1.43. The summed E-state index contributed by atoms with van der Waals surface area (Å²) in [5, 5.41) is 89.9. The zero-order chi connectivity index (χ0) is 24.8. The van der Waals surface area contributed by atoms with Gasteiger partial charge in [0.2, 0.25) is 5.91 Å². The molecule has 1 unspecified atom stereocenters. The van der Waals surface area contributed by atoms with Gasteiger partial charge < -0.3 is 65.5 Å². The minimum Gasteiger partial charge on any atom is -0.477 e. The van der Waals surface area contributed by atoms with Crippen molar-refractivity contribution < 1.29 is 69.8 Å². The molecule has 0 saturated carbocycles. The molecule has 1 rings (SSSR count). The van der Waals surface area contributed by atoms with Crippen molar-refractivity contribution in [2.45, 2.75) is 74.0 Å². The van der Waals surface area contributed by atoms with Crippen LogP contribution in [0.5, 0.6) is 0 Å². The van der Waals surface area contributed by atoms with Crippen LogP contribution < -0.4 is 5.32 Å². The molecule has 186 valence electrons. The van der Waals surface area contributed by atoms with E-state index in [-0.39, 0.29) is 6.29 Å². The fraction of sp³-hybridized carbons (Fsp3) is 0.824. The maximum atomic E-state index is 11.9. The Morgan fingerprint density at radius 3 is 2.22 bits per heavy atom. The third-order valence-corrected chi connectivity index (χ3v) is 4.91. The molecule has 0 aromatic heterocycles. The number of aliphatic carboxylic acids is 1. The quantitative estimate of drug-likeness (QED) is 0.119. The number of aliphatic hydroxyl groups is 8. The fourth-order valence-corrected chi connectivity index (χ4v) is 3.11. The van der Waals surface area contributed by atoms with Crippen LogP contribution in [0.1, 0.15) is 13.3 Å². The van der Waals surface area contributed by atoms with Crippen molar-refractivity contribution in [3.8, 4) is 0 Å². The summed E-state index contributed by atoms with van der Waals surface area (Å²) in [6.45, 7) is -0.976. The standard InChI is InChI=1S/C17H29NO14/c1-6(21)18-11-7(22)2-17(16(29)30,32-15(11)14(28)9(24)4-20)31-5-10(25)13(27)12(26)8(23)3-19/h3,7-15,20,22-28H,2,4-5H2,1H3,(H,18,21)(H,29,30)/t7-,8-,9+,10+,11+,12+,13-,14+,15+,17?/m0/s1. The largest absolute Gasteiger partial charge is 0.477 e. The van der Waals surface area contributed by atoms with E-state index >= 15 is 0 Å². The minimum absolute atomic E-state index is 0.110. The van der Waals surface area contributed by atoms with Gasteiger partial charge in [-0.25, -0.2) is 4.79 Å². The van der Waals surface area contributed by atoms with E-state index in [1.807, 2.05) is 0 Å². The first-order chi connectivity index (χ1) is 14.8. The minimum atomic E-state index is -2.77. The predicted octanol–water partition coefficient (Wildman–Crippen LogP) is -6.20. The second-order valence-electron chi connectivity index (χ2n) is 7.37. The van der Waals surface area contributed by atoms with Crippen molar-refractivity contribution in [1.29, 1.82) is 0 Å². The Morgan fingerprint density at radius 2 is 1.75 bits per heavy atom. The topological polar surface area (TPSA) is 264 Å². The van der Waals surface area contributed by atoms with E-state index in [2.05, 4.69) is 5.32 Å².